The van der Waals surface area contributed by atoms with Gasteiger partial charge in [-0.15, -0.1) is 0 Å². The van der Waals surface area contributed by atoms with E-state index < -0.39 is 0 Å². The number of aromatic nitrogens is 2. The maximum atomic E-state index is 13.7. The molecule has 150 valence electrons. The standard InChI is InChI=1S/C26H25N3O/c1-18(2)25(20-12-8-5-9-13-20)29(3)26(30)21-16-24(19-10-6-4-7-11-19)28-23-14-15-27-17-22(21)23/h4-18,25H,1-3H3. The number of benzene rings is 2. The molecule has 1 amide bonds. The highest BCUT2D eigenvalue weighted by Gasteiger charge is 2.27. The van der Waals surface area contributed by atoms with Crippen LogP contribution >= 0.6 is 0 Å². The van der Waals surface area contributed by atoms with Gasteiger partial charge in [0.2, 0.25) is 0 Å². The van der Waals surface area contributed by atoms with E-state index in [-0.39, 0.29) is 17.9 Å². The lowest BCUT2D eigenvalue weighted by Crippen LogP contribution is -2.34. The van der Waals surface area contributed by atoms with Gasteiger partial charge >= 0.3 is 0 Å². The molecule has 0 bridgehead atoms. The molecule has 1 unspecified atom stereocenters. The summed E-state index contributed by atoms with van der Waals surface area (Å²) in [6.07, 6.45) is 3.44. The lowest BCUT2D eigenvalue weighted by atomic mass is 9.94. The maximum Gasteiger partial charge on any atom is 0.254 e. The van der Waals surface area contributed by atoms with Crippen LogP contribution in [0.3, 0.4) is 0 Å². The molecule has 0 N–H and O–H groups in total. The van der Waals surface area contributed by atoms with E-state index in [0.29, 0.717) is 5.56 Å². The van der Waals surface area contributed by atoms with Crippen LogP contribution in [0.2, 0.25) is 0 Å². The lowest BCUT2D eigenvalue weighted by Gasteiger charge is -2.32. The van der Waals surface area contributed by atoms with E-state index in [1.165, 1.54) is 0 Å². The van der Waals surface area contributed by atoms with Crippen molar-refractivity contribution in [3.8, 4) is 11.3 Å². The van der Waals surface area contributed by atoms with Gasteiger partial charge in [0.05, 0.1) is 22.8 Å². The summed E-state index contributed by atoms with van der Waals surface area (Å²) < 4.78 is 0. The normalized spacial score (nSPS) is 12.1. The average Bonchev–Trinajstić information content (AvgIpc) is 2.79. The second-order valence-corrected chi connectivity index (χ2v) is 7.83. The van der Waals surface area contributed by atoms with Crippen LogP contribution in [-0.4, -0.2) is 27.8 Å². The Balaban J connectivity index is 1.82. The summed E-state index contributed by atoms with van der Waals surface area (Å²) >= 11 is 0. The van der Waals surface area contributed by atoms with Crippen molar-refractivity contribution in [1.82, 2.24) is 14.9 Å². The van der Waals surface area contributed by atoms with Crippen molar-refractivity contribution in [3.63, 3.8) is 0 Å². The van der Waals surface area contributed by atoms with E-state index >= 15 is 0 Å². The predicted molar refractivity (Wildman–Crippen MR) is 121 cm³/mol. The van der Waals surface area contributed by atoms with E-state index in [4.69, 9.17) is 4.98 Å². The number of pyridine rings is 2. The van der Waals surface area contributed by atoms with E-state index in [9.17, 15) is 4.79 Å². The zero-order chi connectivity index (χ0) is 21.1. The highest BCUT2D eigenvalue weighted by Crippen LogP contribution is 2.31. The summed E-state index contributed by atoms with van der Waals surface area (Å²) in [5.74, 6) is 0.233. The van der Waals surface area contributed by atoms with E-state index in [0.717, 1.165) is 27.7 Å². The quantitative estimate of drug-likeness (QED) is 0.431. The molecule has 2 aromatic carbocycles. The van der Waals surface area contributed by atoms with Gasteiger partial charge in [-0.05, 0) is 23.6 Å². The SMILES string of the molecule is CC(C)C(c1ccccc1)N(C)C(=O)c1cc(-c2ccccc2)nc2ccncc12. The smallest absolute Gasteiger partial charge is 0.254 e. The van der Waals surface area contributed by atoms with Crippen molar-refractivity contribution in [1.29, 1.82) is 0 Å². The Morgan fingerprint density at radius 1 is 0.933 bits per heavy atom. The van der Waals surface area contributed by atoms with Crippen LogP contribution in [-0.2, 0) is 0 Å². The van der Waals surface area contributed by atoms with Crippen molar-refractivity contribution in [2.24, 2.45) is 5.92 Å². The van der Waals surface area contributed by atoms with Gasteiger partial charge in [-0.1, -0.05) is 74.5 Å². The fraction of sp³-hybridized carbons (Fsp3) is 0.192. The zero-order valence-corrected chi connectivity index (χ0v) is 17.5. The van der Waals surface area contributed by atoms with Gasteiger partial charge in [-0.2, -0.15) is 0 Å². The van der Waals surface area contributed by atoms with Crippen LogP contribution in [0.4, 0.5) is 0 Å². The number of fused-ring (bicyclic) bond motifs is 1. The molecule has 0 radical (unpaired) electrons. The Bertz CT molecular complexity index is 1160. The summed E-state index contributed by atoms with van der Waals surface area (Å²) in [6.45, 7) is 4.28. The number of carbonyl (C=O) groups is 1. The second kappa shape index (κ2) is 8.46. The van der Waals surface area contributed by atoms with Crippen LogP contribution in [0.1, 0.15) is 35.8 Å². The Morgan fingerprint density at radius 3 is 2.27 bits per heavy atom. The van der Waals surface area contributed by atoms with Gasteiger partial charge < -0.3 is 4.90 Å². The van der Waals surface area contributed by atoms with Crippen molar-refractivity contribution in [2.45, 2.75) is 19.9 Å². The first-order valence-corrected chi connectivity index (χ1v) is 10.2. The molecular weight excluding hydrogens is 370 g/mol. The highest BCUT2D eigenvalue weighted by molar-refractivity contribution is 6.07. The minimum Gasteiger partial charge on any atom is -0.334 e. The van der Waals surface area contributed by atoms with Gasteiger partial charge in [0.15, 0.2) is 0 Å². The molecule has 4 aromatic rings. The zero-order valence-electron chi connectivity index (χ0n) is 17.5. The summed E-state index contributed by atoms with van der Waals surface area (Å²) in [7, 11) is 1.88. The van der Waals surface area contributed by atoms with Crippen molar-refractivity contribution < 1.29 is 4.79 Å². The first-order valence-electron chi connectivity index (χ1n) is 10.2. The first kappa shape index (κ1) is 19.8. The third kappa shape index (κ3) is 3.81. The first-order chi connectivity index (χ1) is 14.6. The Labute approximate surface area is 177 Å². The summed E-state index contributed by atoms with van der Waals surface area (Å²) in [5.41, 5.74) is 4.28. The minimum absolute atomic E-state index is 0.0289. The molecule has 1 atom stereocenters. The molecule has 0 fully saturated rings. The molecule has 2 heterocycles. The topological polar surface area (TPSA) is 46.1 Å². The molecule has 4 rings (SSSR count). The van der Waals surface area contributed by atoms with Crippen LogP contribution in [0.5, 0.6) is 0 Å². The van der Waals surface area contributed by atoms with Crippen LogP contribution in [0.15, 0.2) is 85.2 Å². The molecule has 4 nitrogen and oxygen atoms in total. The minimum atomic E-state index is -0.0323. The van der Waals surface area contributed by atoms with Crippen molar-refractivity contribution in [2.75, 3.05) is 7.05 Å². The largest absolute Gasteiger partial charge is 0.334 e. The Kier molecular flexibility index (Phi) is 5.57. The van der Waals surface area contributed by atoms with E-state index in [1.807, 2.05) is 72.6 Å². The molecule has 0 aliphatic rings. The Hall–Kier alpha value is -3.53. The third-order valence-corrected chi connectivity index (χ3v) is 5.42. The number of carbonyl (C=O) groups excluding carboxylic acids is 1. The van der Waals surface area contributed by atoms with E-state index in [1.54, 1.807) is 12.4 Å². The van der Waals surface area contributed by atoms with Gasteiger partial charge in [0.25, 0.3) is 5.91 Å². The van der Waals surface area contributed by atoms with Gasteiger partial charge in [0.1, 0.15) is 0 Å². The third-order valence-electron chi connectivity index (χ3n) is 5.42. The van der Waals surface area contributed by atoms with Gasteiger partial charge in [-0.3, -0.25) is 9.78 Å². The van der Waals surface area contributed by atoms with E-state index in [2.05, 4.69) is 31.0 Å². The number of amides is 1. The molecule has 4 heteroatoms. The monoisotopic (exact) mass is 395 g/mol. The molecule has 0 aliphatic carbocycles. The lowest BCUT2D eigenvalue weighted by molar-refractivity contribution is 0.0689. The number of rotatable bonds is 5. The molecule has 0 spiro atoms. The van der Waals surface area contributed by atoms with Crippen LogP contribution in [0, 0.1) is 5.92 Å². The molecule has 0 saturated carbocycles. The van der Waals surface area contributed by atoms with Gasteiger partial charge in [-0.25, -0.2) is 4.98 Å². The predicted octanol–water partition coefficient (Wildman–Crippen LogP) is 5.77. The van der Waals surface area contributed by atoms with Crippen LogP contribution < -0.4 is 0 Å². The van der Waals surface area contributed by atoms with Crippen molar-refractivity contribution >= 4 is 16.8 Å². The highest BCUT2D eigenvalue weighted by atomic mass is 16.2. The summed E-state index contributed by atoms with van der Waals surface area (Å²) in [5, 5.41) is 0.768. The maximum absolute atomic E-state index is 13.7. The molecule has 2 aromatic heterocycles. The summed E-state index contributed by atoms with van der Waals surface area (Å²) in [6, 6.07) is 23.9. The molecular formula is C26H25N3O. The fourth-order valence-electron chi connectivity index (χ4n) is 4.02. The van der Waals surface area contributed by atoms with Gasteiger partial charge in [0, 0.05) is 30.4 Å². The number of hydrogen-bond acceptors (Lipinski definition) is 3. The fourth-order valence-corrected chi connectivity index (χ4v) is 4.02. The summed E-state index contributed by atoms with van der Waals surface area (Å²) in [4.78, 5) is 24.6. The Morgan fingerprint density at radius 2 is 1.60 bits per heavy atom. The second-order valence-electron chi connectivity index (χ2n) is 7.83. The number of nitrogens with zero attached hydrogens (tertiary/aromatic N) is 3. The molecule has 0 aliphatic heterocycles. The molecule has 30 heavy (non-hydrogen) atoms. The molecule has 0 saturated heterocycles. The van der Waals surface area contributed by atoms with Crippen molar-refractivity contribution in [3.05, 3.63) is 96.3 Å². The average molecular weight is 396 g/mol. The number of hydrogen-bond donors (Lipinski definition) is 0. The van der Waals surface area contributed by atoms with Crippen LogP contribution in [0.25, 0.3) is 22.2 Å².